The van der Waals surface area contributed by atoms with Gasteiger partial charge in [0.2, 0.25) is 0 Å². The molecule has 3 aromatic carbocycles. The number of benzene rings is 3. The monoisotopic (exact) mass is 409 g/mol. The van der Waals surface area contributed by atoms with Crippen LogP contribution in [0.3, 0.4) is 0 Å². The third-order valence-corrected chi connectivity index (χ3v) is 5.63. The normalized spacial score (nSPS) is 11.0. The van der Waals surface area contributed by atoms with E-state index in [-0.39, 0.29) is 11.5 Å². The summed E-state index contributed by atoms with van der Waals surface area (Å²) in [6.07, 6.45) is 4.77. The minimum absolute atomic E-state index is 0.0287. The van der Waals surface area contributed by atoms with Crippen LogP contribution in [0.5, 0.6) is 5.75 Å². The highest BCUT2D eigenvalue weighted by atomic mass is 16.3. The number of aromatic hydroxyl groups is 1. The quantitative estimate of drug-likeness (QED) is 0.376. The van der Waals surface area contributed by atoms with Gasteiger partial charge in [0.25, 0.3) is 5.56 Å². The molecule has 0 saturated carbocycles. The molecule has 0 aliphatic carbocycles. The summed E-state index contributed by atoms with van der Waals surface area (Å²) in [6, 6.07) is 31.9. The summed E-state index contributed by atoms with van der Waals surface area (Å²) in [5.41, 5.74) is 4.69. The number of hydrogen-bond acceptors (Lipinski definition) is 2. The van der Waals surface area contributed by atoms with Crippen molar-refractivity contribution in [3.63, 3.8) is 0 Å². The maximum atomic E-state index is 12.5. The molecule has 31 heavy (non-hydrogen) atoms. The highest BCUT2D eigenvalue weighted by molar-refractivity contribution is 5.42. The second-order valence-corrected chi connectivity index (χ2v) is 7.88. The molecular formula is C28H27NO2. The highest BCUT2D eigenvalue weighted by Gasteiger charge is 2.17. The Labute approximate surface area is 183 Å². The van der Waals surface area contributed by atoms with Crippen molar-refractivity contribution < 1.29 is 5.11 Å². The molecule has 0 radical (unpaired) electrons. The van der Waals surface area contributed by atoms with Crippen LogP contribution in [-0.4, -0.2) is 9.67 Å². The van der Waals surface area contributed by atoms with Gasteiger partial charge in [-0.2, -0.15) is 0 Å². The maximum absolute atomic E-state index is 12.5. The molecule has 0 unspecified atom stereocenters. The minimum atomic E-state index is 0.0287. The van der Waals surface area contributed by atoms with E-state index >= 15 is 0 Å². The van der Waals surface area contributed by atoms with Crippen molar-refractivity contribution in [2.75, 3.05) is 0 Å². The standard InChI is InChI=1S/C28H27NO2/c30-26-16-9-11-22(20-26)10-7-8-19-29-21-25(17-18-27(29)31)28(23-12-3-1-4-13-23)24-14-5-2-6-15-24/h1-6,9,11-18,20-21,28,30H,7-8,10,19H2. The van der Waals surface area contributed by atoms with Crippen LogP contribution in [0.2, 0.25) is 0 Å². The van der Waals surface area contributed by atoms with E-state index in [1.165, 1.54) is 11.1 Å². The summed E-state index contributed by atoms with van der Waals surface area (Å²) >= 11 is 0. The van der Waals surface area contributed by atoms with Crippen molar-refractivity contribution in [1.82, 2.24) is 4.57 Å². The molecule has 0 fully saturated rings. The lowest BCUT2D eigenvalue weighted by Gasteiger charge is -2.20. The molecule has 4 aromatic rings. The van der Waals surface area contributed by atoms with Gasteiger partial charge in [-0.05, 0) is 53.6 Å². The van der Waals surface area contributed by atoms with Crippen LogP contribution in [0.25, 0.3) is 0 Å². The van der Waals surface area contributed by atoms with Crippen LogP contribution in [0.4, 0.5) is 0 Å². The number of nitrogens with zero attached hydrogens (tertiary/aromatic N) is 1. The average molecular weight is 410 g/mol. The number of hydrogen-bond donors (Lipinski definition) is 1. The summed E-state index contributed by atoms with van der Waals surface area (Å²) in [4.78, 5) is 12.5. The molecule has 156 valence electrons. The Morgan fingerprint density at radius 2 is 1.39 bits per heavy atom. The van der Waals surface area contributed by atoms with Gasteiger partial charge in [-0.15, -0.1) is 0 Å². The molecular weight excluding hydrogens is 382 g/mol. The van der Waals surface area contributed by atoms with E-state index in [9.17, 15) is 9.90 Å². The van der Waals surface area contributed by atoms with E-state index in [0.29, 0.717) is 12.3 Å². The van der Waals surface area contributed by atoms with E-state index < -0.39 is 0 Å². The second kappa shape index (κ2) is 9.94. The van der Waals surface area contributed by atoms with Gasteiger partial charge in [0.1, 0.15) is 5.75 Å². The van der Waals surface area contributed by atoms with E-state index in [1.54, 1.807) is 18.2 Å². The Bertz CT molecular complexity index is 1130. The van der Waals surface area contributed by atoms with Gasteiger partial charge in [0, 0.05) is 24.7 Å². The van der Waals surface area contributed by atoms with Gasteiger partial charge in [0.05, 0.1) is 0 Å². The average Bonchev–Trinajstić information content (AvgIpc) is 2.80. The van der Waals surface area contributed by atoms with E-state index in [1.807, 2.05) is 41.1 Å². The summed E-state index contributed by atoms with van der Waals surface area (Å²) in [6.45, 7) is 0.682. The number of pyridine rings is 1. The number of aromatic nitrogens is 1. The predicted octanol–water partition coefficient (Wildman–Crippen LogP) is 5.76. The molecule has 0 aliphatic rings. The largest absolute Gasteiger partial charge is 0.508 e. The molecule has 0 atom stereocenters. The fraction of sp³-hybridized carbons (Fsp3) is 0.179. The lowest BCUT2D eigenvalue weighted by atomic mass is 9.86. The van der Waals surface area contributed by atoms with Crippen LogP contribution in [-0.2, 0) is 13.0 Å². The molecule has 0 amide bonds. The molecule has 1 N–H and O–H groups in total. The van der Waals surface area contributed by atoms with Crippen molar-refractivity contribution in [1.29, 1.82) is 0 Å². The molecule has 4 rings (SSSR count). The van der Waals surface area contributed by atoms with E-state index in [2.05, 4.69) is 48.5 Å². The molecule has 3 heteroatoms. The summed E-state index contributed by atoms with van der Waals surface area (Å²) < 4.78 is 1.83. The summed E-state index contributed by atoms with van der Waals surface area (Å²) in [5, 5.41) is 9.61. The van der Waals surface area contributed by atoms with E-state index in [4.69, 9.17) is 0 Å². The Morgan fingerprint density at radius 1 is 0.710 bits per heavy atom. The Morgan fingerprint density at radius 3 is 2.03 bits per heavy atom. The van der Waals surface area contributed by atoms with Crippen LogP contribution in [0.1, 0.15) is 41.0 Å². The van der Waals surface area contributed by atoms with Gasteiger partial charge in [-0.1, -0.05) is 78.9 Å². The first-order chi connectivity index (χ1) is 15.2. The zero-order valence-corrected chi connectivity index (χ0v) is 17.5. The first kappa shape index (κ1) is 20.7. The fourth-order valence-corrected chi connectivity index (χ4v) is 4.09. The molecule has 0 spiro atoms. The summed E-state index contributed by atoms with van der Waals surface area (Å²) in [7, 11) is 0. The Balaban J connectivity index is 1.53. The third kappa shape index (κ3) is 5.32. The van der Waals surface area contributed by atoms with Gasteiger partial charge in [0.15, 0.2) is 0 Å². The van der Waals surface area contributed by atoms with Crippen molar-refractivity contribution in [3.8, 4) is 5.75 Å². The Kier molecular flexibility index (Phi) is 6.63. The SMILES string of the molecule is O=c1ccc(C(c2ccccc2)c2ccccc2)cn1CCCCc1cccc(O)c1. The number of unbranched alkanes of at least 4 members (excludes halogenated alkanes) is 1. The highest BCUT2D eigenvalue weighted by Crippen LogP contribution is 2.31. The van der Waals surface area contributed by atoms with Gasteiger partial charge < -0.3 is 9.67 Å². The first-order valence-electron chi connectivity index (χ1n) is 10.8. The van der Waals surface area contributed by atoms with Gasteiger partial charge in [-0.3, -0.25) is 4.79 Å². The van der Waals surface area contributed by atoms with Gasteiger partial charge >= 0.3 is 0 Å². The topological polar surface area (TPSA) is 42.2 Å². The van der Waals surface area contributed by atoms with Crippen LogP contribution in [0.15, 0.2) is 108 Å². The Hall–Kier alpha value is -3.59. The van der Waals surface area contributed by atoms with Gasteiger partial charge in [-0.25, -0.2) is 0 Å². The van der Waals surface area contributed by atoms with E-state index in [0.717, 1.165) is 30.4 Å². The van der Waals surface area contributed by atoms with Crippen LogP contribution >= 0.6 is 0 Å². The molecule has 1 aromatic heterocycles. The minimum Gasteiger partial charge on any atom is -0.508 e. The number of aryl methyl sites for hydroxylation is 2. The van der Waals surface area contributed by atoms with Crippen molar-refractivity contribution >= 4 is 0 Å². The number of phenolic OH excluding ortho intramolecular Hbond substituents is 1. The zero-order chi connectivity index (χ0) is 21.5. The molecule has 0 bridgehead atoms. The van der Waals surface area contributed by atoms with Crippen molar-refractivity contribution in [2.45, 2.75) is 31.7 Å². The predicted molar refractivity (Wildman–Crippen MR) is 126 cm³/mol. The molecule has 0 saturated heterocycles. The maximum Gasteiger partial charge on any atom is 0.250 e. The summed E-state index contributed by atoms with van der Waals surface area (Å²) in [5.74, 6) is 0.385. The lowest BCUT2D eigenvalue weighted by Crippen LogP contribution is -2.20. The van der Waals surface area contributed by atoms with Crippen molar-refractivity contribution in [3.05, 3.63) is 136 Å². The fourth-order valence-electron chi connectivity index (χ4n) is 4.09. The van der Waals surface area contributed by atoms with Crippen LogP contribution < -0.4 is 5.56 Å². The molecule has 0 aliphatic heterocycles. The first-order valence-corrected chi connectivity index (χ1v) is 10.8. The lowest BCUT2D eigenvalue weighted by molar-refractivity contribution is 0.474. The number of phenols is 1. The number of rotatable bonds is 8. The molecule has 3 nitrogen and oxygen atoms in total. The third-order valence-electron chi connectivity index (χ3n) is 5.63. The smallest absolute Gasteiger partial charge is 0.250 e. The van der Waals surface area contributed by atoms with Crippen LogP contribution in [0, 0.1) is 0 Å². The molecule has 1 heterocycles. The second-order valence-electron chi connectivity index (χ2n) is 7.88. The zero-order valence-electron chi connectivity index (χ0n) is 17.5. The van der Waals surface area contributed by atoms with Crippen molar-refractivity contribution in [2.24, 2.45) is 0 Å².